The molecule has 1 heterocycles. The molecule has 1 aliphatic rings. The van der Waals surface area contributed by atoms with Crippen LogP contribution in [-0.2, 0) is 6.42 Å². The summed E-state index contributed by atoms with van der Waals surface area (Å²) in [5, 5.41) is 0. The van der Waals surface area contributed by atoms with Crippen molar-refractivity contribution in [1.82, 2.24) is 0 Å². The van der Waals surface area contributed by atoms with Gasteiger partial charge < -0.3 is 4.48 Å². The van der Waals surface area contributed by atoms with Gasteiger partial charge >= 0.3 is 0 Å². The van der Waals surface area contributed by atoms with Crippen LogP contribution in [0.3, 0.4) is 0 Å². The van der Waals surface area contributed by atoms with E-state index < -0.39 is 0 Å². The highest BCUT2D eigenvalue weighted by Crippen LogP contribution is 2.24. The maximum Gasteiger partial charge on any atom is 0.0825 e. The molecule has 0 radical (unpaired) electrons. The third-order valence-electron chi connectivity index (χ3n) is 4.90. The maximum atomic E-state index is 2.42. The molecule has 0 aliphatic carbocycles. The number of hydrogen-bond acceptors (Lipinski definition) is 0. The summed E-state index contributed by atoms with van der Waals surface area (Å²) in [5.41, 5.74) is 4.42. The average Bonchev–Trinajstić information content (AvgIpc) is 2.58. The van der Waals surface area contributed by atoms with E-state index in [1.165, 1.54) is 54.5 Å². The SMILES string of the molecule is C[N+]1(CCc2ccccc2)CCC(=Cc2ccccc2)CC1. The highest BCUT2D eigenvalue weighted by atomic mass is 15.3. The van der Waals surface area contributed by atoms with Crippen molar-refractivity contribution in [2.24, 2.45) is 0 Å². The van der Waals surface area contributed by atoms with E-state index in [1.54, 1.807) is 5.57 Å². The minimum atomic E-state index is 1.19. The van der Waals surface area contributed by atoms with Gasteiger partial charge in [0.05, 0.1) is 26.7 Å². The van der Waals surface area contributed by atoms with E-state index in [1.807, 2.05) is 0 Å². The molecule has 0 amide bonds. The van der Waals surface area contributed by atoms with E-state index >= 15 is 0 Å². The molecule has 1 aliphatic heterocycles. The van der Waals surface area contributed by atoms with E-state index in [9.17, 15) is 0 Å². The molecule has 0 bridgehead atoms. The molecular weight excluding hydrogens is 266 g/mol. The summed E-state index contributed by atoms with van der Waals surface area (Å²) in [6.45, 7) is 3.79. The zero-order chi connectivity index (χ0) is 15.3. The molecule has 0 aromatic heterocycles. The molecule has 1 fully saturated rings. The summed E-state index contributed by atoms with van der Waals surface area (Å²) in [6.07, 6.45) is 6.05. The van der Waals surface area contributed by atoms with E-state index in [2.05, 4.69) is 73.8 Å². The van der Waals surface area contributed by atoms with Gasteiger partial charge in [-0.05, 0) is 11.1 Å². The van der Waals surface area contributed by atoms with Crippen molar-refractivity contribution in [2.75, 3.05) is 26.7 Å². The standard InChI is InChI=1S/C21H26N/c1-22(15-12-19-8-4-2-5-9-19)16-13-21(14-17-22)18-20-10-6-3-7-11-20/h2-11,18H,12-17H2,1H3/q+1. The number of rotatable bonds is 4. The van der Waals surface area contributed by atoms with E-state index in [0.717, 1.165) is 0 Å². The number of likely N-dealkylation sites (tertiary alicyclic amines) is 1. The quantitative estimate of drug-likeness (QED) is 0.725. The Kier molecular flexibility index (Phi) is 4.74. The van der Waals surface area contributed by atoms with Crippen molar-refractivity contribution >= 4 is 6.08 Å². The molecule has 0 N–H and O–H groups in total. The first-order valence-electron chi connectivity index (χ1n) is 8.36. The van der Waals surface area contributed by atoms with Gasteiger partial charge in [0, 0.05) is 19.3 Å². The number of nitrogens with zero attached hydrogens (tertiary/aromatic N) is 1. The topological polar surface area (TPSA) is 0 Å². The van der Waals surface area contributed by atoms with Crippen LogP contribution in [0.15, 0.2) is 66.2 Å². The third-order valence-corrected chi connectivity index (χ3v) is 4.90. The van der Waals surface area contributed by atoms with Gasteiger partial charge in [-0.2, -0.15) is 0 Å². The van der Waals surface area contributed by atoms with Gasteiger partial charge in [0.2, 0.25) is 0 Å². The lowest BCUT2D eigenvalue weighted by Gasteiger charge is -2.39. The molecule has 0 unspecified atom stereocenters. The molecule has 1 saturated heterocycles. The van der Waals surface area contributed by atoms with Gasteiger partial charge in [0.25, 0.3) is 0 Å². The summed E-state index contributed by atoms with van der Waals surface area (Å²) in [5.74, 6) is 0. The van der Waals surface area contributed by atoms with Crippen LogP contribution in [0.1, 0.15) is 24.0 Å². The second-order valence-corrected chi connectivity index (χ2v) is 6.74. The monoisotopic (exact) mass is 292 g/mol. The molecule has 0 saturated carbocycles. The normalized spacial score (nSPS) is 21.6. The fraction of sp³-hybridized carbons (Fsp3) is 0.333. The molecule has 114 valence electrons. The lowest BCUT2D eigenvalue weighted by Crippen LogP contribution is -2.49. The molecule has 2 aromatic carbocycles. The Hall–Kier alpha value is -1.86. The first-order valence-corrected chi connectivity index (χ1v) is 8.36. The summed E-state index contributed by atoms with van der Waals surface area (Å²) in [6, 6.07) is 21.6. The van der Waals surface area contributed by atoms with Crippen LogP contribution in [0.5, 0.6) is 0 Å². The van der Waals surface area contributed by atoms with Crippen molar-refractivity contribution in [1.29, 1.82) is 0 Å². The van der Waals surface area contributed by atoms with Gasteiger partial charge in [0.1, 0.15) is 0 Å². The van der Waals surface area contributed by atoms with Gasteiger partial charge in [-0.15, -0.1) is 0 Å². The molecule has 0 atom stereocenters. The lowest BCUT2D eigenvalue weighted by molar-refractivity contribution is -0.911. The van der Waals surface area contributed by atoms with Crippen LogP contribution in [0.2, 0.25) is 0 Å². The van der Waals surface area contributed by atoms with Gasteiger partial charge in [-0.3, -0.25) is 0 Å². The number of hydrogen-bond donors (Lipinski definition) is 0. The molecule has 1 nitrogen and oxygen atoms in total. The summed E-state index contributed by atoms with van der Waals surface area (Å²) < 4.78 is 1.21. The number of benzene rings is 2. The zero-order valence-corrected chi connectivity index (χ0v) is 13.5. The smallest absolute Gasteiger partial charge is 0.0825 e. The van der Waals surface area contributed by atoms with Gasteiger partial charge in [0.15, 0.2) is 0 Å². The summed E-state index contributed by atoms with van der Waals surface area (Å²) >= 11 is 0. The van der Waals surface area contributed by atoms with Gasteiger partial charge in [-0.1, -0.05) is 72.3 Å². The summed E-state index contributed by atoms with van der Waals surface area (Å²) in [4.78, 5) is 0. The Morgan fingerprint density at radius 3 is 2.09 bits per heavy atom. The van der Waals surface area contributed by atoms with E-state index in [0.29, 0.717) is 0 Å². The average molecular weight is 292 g/mol. The number of quaternary nitrogens is 1. The maximum absolute atomic E-state index is 2.42. The van der Waals surface area contributed by atoms with Crippen LogP contribution < -0.4 is 0 Å². The Balaban J connectivity index is 1.55. The predicted molar refractivity (Wildman–Crippen MR) is 94.6 cm³/mol. The highest BCUT2D eigenvalue weighted by Gasteiger charge is 2.26. The largest absolute Gasteiger partial charge is 0.325 e. The molecule has 0 spiro atoms. The zero-order valence-electron chi connectivity index (χ0n) is 13.5. The van der Waals surface area contributed by atoms with Crippen molar-refractivity contribution in [3.8, 4) is 0 Å². The van der Waals surface area contributed by atoms with Crippen LogP contribution in [-0.4, -0.2) is 31.2 Å². The van der Waals surface area contributed by atoms with Crippen molar-refractivity contribution in [2.45, 2.75) is 19.3 Å². The fourth-order valence-electron chi connectivity index (χ4n) is 3.26. The van der Waals surface area contributed by atoms with Gasteiger partial charge in [-0.25, -0.2) is 0 Å². The first kappa shape index (κ1) is 15.1. The van der Waals surface area contributed by atoms with Crippen LogP contribution >= 0.6 is 0 Å². The molecule has 22 heavy (non-hydrogen) atoms. The van der Waals surface area contributed by atoms with E-state index in [-0.39, 0.29) is 0 Å². The van der Waals surface area contributed by atoms with Crippen molar-refractivity contribution in [3.05, 3.63) is 77.4 Å². The van der Waals surface area contributed by atoms with Crippen molar-refractivity contribution < 1.29 is 4.48 Å². The van der Waals surface area contributed by atoms with Crippen LogP contribution in [0.4, 0.5) is 0 Å². The first-order chi connectivity index (χ1) is 10.7. The van der Waals surface area contributed by atoms with Crippen LogP contribution in [0.25, 0.3) is 6.08 Å². The lowest BCUT2D eigenvalue weighted by atomic mass is 9.98. The van der Waals surface area contributed by atoms with Crippen molar-refractivity contribution in [3.63, 3.8) is 0 Å². The predicted octanol–water partition coefficient (Wildman–Crippen LogP) is 4.55. The third kappa shape index (κ3) is 4.08. The summed E-state index contributed by atoms with van der Waals surface area (Å²) in [7, 11) is 2.42. The molecule has 3 rings (SSSR count). The minimum Gasteiger partial charge on any atom is -0.325 e. The molecule has 2 aromatic rings. The Morgan fingerprint density at radius 1 is 0.864 bits per heavy atom. The van der Waals surface area contributed by atoms with Crippen LogP contribution in [0, 0.1) is 0 Å². The second-order valence-electron chi connectivity index (χ2n) is 6.74. The second kappa shape index (κ2) is 6.93. The number of likely N-dealkylation sites (N-methyl/N-ethyl adjacent to an activating group) is 1. The Bertz CT molecular complexity index is 603. The fourth-order valence-corrected chi connectivity index (χ4v) is 3.26. The Morgan fingerprint density at radius 2 is 1.45 bits per heavy atom. The number of piperidine rings is 1. The Labute approximate surface area is 134 Å². The minimum absolute atomic E-state index is 1.19. The molecule has 1 heteroatoms. The molecular formula is C21H26N+. The highest BCUT2D eigenvalue weighted by molar-refractivity contribution is 5.52. The van der Waals surface area contributed by atoms with E-state index in [4.69, 9.17) is 0 Å².